The number of rotatable bonds is 4. The van der Waals surface area contributed by atoms with E-state index in [0.717, 1.165) is 0 Å². The summed E-state index contributed by atoms with van der Waals surface area (Å²) in [4.78, 5) is 9.79. The van der Waals surface area contributed by atoms with Gasteiger partial charge in [-0.05, 0) is 17.8 Å². The molecule has 0 aromatic carbocycles. The fraction of sp³-hybridized carbons (Fsp3) is 0.200. The summed E-state index contributed by atoms with van der Waals surface area (Å²) in [6.07, 6.45) is 3.19. The zero-order chi connectivity index (χ0) is 7.94. The van der Waals surface area contributed by atoms with E-state index in [2.05, 4.69) is 20.3 Å². The molecule has 0 spiro atoms. The molecule has 0 aliphatic carbocycles. The molecule has 5 nitrogen and oxygen atoms in total. The second-order valence-corrected chi connectivity index (χ2v) is 1.78. The number of hydrogen-bond acceptors (Lipinski definition) is 5. The number of hydrazine groups is 1. The summed E-state index contributed by atoms with van der Waals surface area (Å²) in [6, 6.07) is 2.02. The van der Waals surface area contributed by atoms with Crippen molar-refractivity contribution in [3.63, 3.8) is 0 Å². The summed E-state index contributed by atoms with van der Waals surface area (Å²) in [6.45, 7) is 0.216. The Kier molecular flexibility index (Phi) is 3.60. The Hall–Kier alpha value is -0.910. The highest BCUT2D eigenvalue weighted by atomic mass is 35.5. The van der Waals surface area contributed by atoms with Gasteiger partial charge in [0.2, 0.25) is 0 Å². The van der Waals surface area contributed by atoms with Crippen LogP contribution in [0.25, 0.3) is 0 Å². The standard InChI is InChI=1S/C5H7ClN4O/c6-10-9-4-11-5-7-2-1-3-8-5/h1-3,9-10H,4H2. The van der Waals surface area contributed by atoms with E-state index in [9.17, 15) is 0 Å². The van der Waals surface area contributed by atoms with Crippen LogP contribution < -0.4 is 15.1 Å². The number of aromatic nitrogens is 2. The maximum Gasteiger partial charge on any atom is 0.317 e. The van der Waals surface area contributed by atoms with Crippen molar-refractivity contribution in [2.24, 2.45) is 0 Å². The van der Waals surface area contributed by atoms with E-state index in [1.54, 1.807) is 18.5 Å². The average molecular weight is 175 g/mol. The van der Waals surface area contributed by atoms with Crippen molar-refractivity contribution >= 4 is 11.8 Å². The predicted molar refractivity (Wildman–Crippen MR) is 39.7 cm³/mol. The number of hydrogen-bond donors (Lipinski definition) is 2. The third kappa shape index (κ3) is 3.13. The Labute approximate surface area is 68.8 Å². The van der Waals surface area contributed by atoms with Crippen LogP contribution in [0.1, 0.15) is 0 Å². The van der Waals surface area contributed by atoms with Gasteiger partial charge in [0.1, 0.15) is 0 Å². The average Bonchev–Trinajstić information content (AvgIpc) is 2.07. The highest BCUT2D eigenvalue weighted by molar-refractivity contribution is 6.13. The van der Waals surface area contributed by atoms with Crippen LogP contribution in [0, 0.1) is 0 Å². The first kappa shape index (κ1) is 8.19. The summed E-state index contributed by atoms with van der Waals surface area (Å²) in [5.74, 6) is 0. The van der Waals surface area contributed by atoms with Crippen molar-refractivity contribution in [3.8, 4) is 6.01 Å². The van der Waals surface area contributed by atoms with Crippen molar-refractivity contribution in [3.05, 3.63) is 18.5 Å². The van der Waals surface area contributed by atoms with Crippen molar-refractivity contribution in [1.29, 1.82) is 0 Å². The van der Waals surface area contributed by atoms with Gasteiger partial charge in [-0.1, -0.05) is 0 Å². The summed E-state index contributed by atoms with van der Waals surface area (Å²) >= 11 is 5.09. The Morgan fingerprint density at radius 2 is 2.18 bits per heavy atom. The highest BCUT2D eigenvalue weighted by Crippen LogP contribution is 1.94. The maximum absolute atomic E-state index is 5.09. The molecule has 0 radical (unpaired) electrons. The summed E-state index contributed by atoms with van der Waals surface area (Å²) < 4.78 is 4.97. The van der Waals surface area contributed by atoms with Crippen LogP contribution in [0.4, 0.5) is 0 Å². The van der Waals surface area contributed by atoms with E-state index >= 15 is 0 Å². The summed E-state index contributed by atoms with van der Waals surface area (Å²) in [5.41, 5.74) is 2.51. The van der Waals surface area contributed by atoms with Gasteiger partial charge in [-0.3, -0.25) is 0 Å². The molecule has 60 valence electrons. The molecule has 0 saturated carbocycles. The van der Waals surface area contributed by atoms with Crippen LogP contribution in [-0.4, -0.2) is 16.7 Å². The second-order valence-electron chi connectivity index (χ2n) is 1.59. The molecule has 0 bridgehead atoms. The van der Waals surface area contributed by atoms with Gasteiger partial charge in [0.15, 0.2) is 6.73 Å². The third-order valence-corrected chi connectivity index (χ3v) is 1.02. The molecule has 1 aromatic rings. The molecule has 0 unspecified atom stereocenters. The third-order valence-electron chi connectivity index (χ3n) is 0.882. The molecule has 0 fully saturated rings. The monoisotopic (exact) mass is 174 g/mol. The summed E-state index contributed by atoms with van der Waals surface area (Å²) in [5, 5.41) is 0. The Morgan fingerprint density at radius 3 is 2.82 bits per heavy atom. The van der Waals surface area contributed by atoms with Gasteiger partial charge < -0.3 is 4.74 Å². The van der Waals surface area contributed by atoms with Gasteiger partial charge in [0, 0.05) is 12.4 Å². The largest absolute Gasteiger partial charge is 0.446 e. The lowest BCUT2D eigenvalue weighted by atomic mass is 10.7. The Morgan fingerprint density at radius 1 is 1.45 bits per heavy atom. The van der Waals surface area contributed by atoms with Gasteiger partial charge in [-0.2, -0.15) is 4.94 Å². The molecular weight excluding hydrogens is 168 g/mol. The van der Waals surface area contributed by atoms with Gasteiger partial charge in [-0.25, -0.2) is 15.4 Å². The first-order chi connectivity index (χ1) is 5.43. The molecule has 0 amide bonds. The van der Waals surface area contributed by atoms with Crippen molar-refractivity contribution in [1.82, 2.24) is 20.3 Å². The van der Waals surface area contributed by atoms with E-state index in [-0.39, 0.29) is 6.73 Å². The lowest BCUT2D eigenvalue weighted by molar-refractivity contribution is 0.256. The minimum absolute atomic E-state index is 0.216. The zero-order valence-corrected chi connectivity index (χ0v) is 6.38. The first-order valence-electron chi connectivity index (χ1n) is 2.92. The van der Waals surface area contributed by atoms with Crippen LogP contribution >= 0.6 is 11.8 Å². The normalized spacial score (nSPS) is 9.55. The molecule has 1 heterocycles. The fourth-order valence-corrected chi connectivity index (χ4v) is 0.542. The predicted octanol–water partition coefficient (Wildman–Crippen LogP) is 0.0609. The number of ether oxygens (including phenoxy) is 1. The molecule has 11 heavy (non-hydrogen) atoms. The van der Waals surface area contributed by atoms with Crippen molar-refractivity contribution < 1.29 is 4.74 Å². The van der Waals surface area contributed by atoms with Crippen LogP contribution in [0.15, 0.2) is 18.5 Å². The van der Waals surface area contributed by atoms with Crippen LogP contribution in [0.5, 0.6) is 6.01 Å². The Balaban J connectivity index is 2.28. The smallest absolute Gasteiger partial charge is 0.317 e. The van der Waals surface area contributed by atoms with E-state index in [4.69, 9.17) is 16.5 Å². The minimum Gasteiger partial charge on any atom is -0.446 e. The number of halogens is 1. The van der Waals surface area contributed by atoms with Gasteiger partial charge in [0.05, 0.1) is 0 Å². The molecule has 2 N–H and O–H groups in total. The van der Waals surface area contributed by atoms with Gasteiger partial charge >= 0.3 is 6.01 Å². The lowest BCUT2D eigenvalue weighted by Gasteiger charge is -2.01. The number of nitrogens with zero attached hydrogens (tertiary/aromatic N) is 2. The fourth-order valence-electron chi connectivity index (χ4n) is 0.488. The van der Waals surface area contributed by atoms with Crippen molar-refractivity contribution in [2.75, 3.05) is 6.73 Å². The van der Waals surface area contributed by atoms with Crippen LogP contribution in [0.3, 0.4) is 0 Å². The first-order valence-corrected chi connectivity index (χ1v) is 3.29. The zero-order valence-electron chi connectivity index (χ0n) is 5.62. The van der Waals surface area contributed by atoms with Crippen LogP contribution in [0.2, 0.25) is 0 Å². The molecule has 0 saturated heterocycles. The Bertz CT molecular complexity index is 195. The molecular formula is C5H7ClN4O. The molecule has 0 aliphatic heterocycles. The van der Waals surface area contributed by atoms with E-state index < -0.39 is 0 Å². The quantitative estimate of drug-likeness (QED) is 0.293. The van der Waals surface area contributed by atoms with Gasteiger partial charge in [-0.15, -0.1) is 0 Å². The van der Waals surface area contributed by atoms with Crippen molar-refractivity contribution in [2.45, 2.75) is 0 Å². The maximum atomic E-state index is 5.09. The SMILES string of the molecule is ClNNCOc1ncccn1. The van der Waals surface area contributed by atoms with E-state index in [0.29, 0.717) is 6.01 Å². The lowest BCUT2D eigenvalue weighted by Crippen LogP contribution is -2.27. The molecule has 6 heteroatoms. The van der Waals surface area contributed by atoms with E-state index in [1.807, 2.05) is 0 Å². The van der Waals surface area contributed by atoms with Crippen LogP contribution in [-0.2, 0) is 0 Å². The molecule has 0 atom stereocenters. The van der Waals surface area contributed by atoms with Gasteiger partial charge in [0.25, 0.3) is 0 Å². The molecule has 1 aromatic heterocycles. The topological polar surface area (TPSA) is 59.1 Å². The highest BCUT2D eigenvalue weighted by Gasteiger charge is 1.91. The summed E-state index contributed by atoms with van der Waals surface area (Å²) in [7, 11) is 0. The van der Waals surface area contributed by atoms with E-state index in [1.165, 1.54) is 0 Å². The molecule has 0 aliphatic rings. The number of nitrogens with one attached hydrogen (secondary N) is 2. The minimum atomic E-state index is 0.216. The molecule has 1 rings (SSSR count). The second kappa shape index (κ2) is 4.84.